The van der Waals surface area contributed by atoms with E-state index in [0.717, 1.165) is 6.29 Å². The lowest BCUT2D eigenvalue weighted by atomic mass is 10.1. The van der Waals surface area contributed by atoms with Crippen molar-refractivity contribution in [2.45, 2.75) is 0 Å². The average molecular weight is 236 g/mol. The summed E-state index contributed by atoms with van der Waals surface area (Å²) >= 11 is 1.34. The van der Waals surface area contributed by atoms with Crippen LogP contribution in [0.4, 0.5) is 4.39 Å². The highest BCUT2D eigenvalue weighted by atomic mass is 32.1. The second-order valence-electron chi connectivity index (χ2n) is 3.17. The van der Waals surface area contributed by atoms with Gasteiger partial charge in [0.1, 0.15) is 11.6 Å². The van der Waals surface area contributed by atoms with Crippen LogP contribution in [0.3, 0.4) is 0 Å². The molecule has 0 bridgehead atoms. The number of methoxy groups -OCH3 is 1. The van der Waals surface area contributed by atoms with Crippen molar-refractivity contribution >= 4 is 17.6 Å². The molecule has 1 aromatic heterocycles. The first-order chi connectivity index (χ1) is 7.76. The summed E-state index contributed by atoms with van der Waals surface area (Å²) in [5, 5.41) is 1.77. The monoisotopic (exact) mass is 236 g/mol. The molecule has 16 heavy (non-hydrogen) atoms. The fourth-order valence-corrected chi connectivity index (χ4v) is 2.33. The summed E-state index contributed by atoms with van der Waals surface area (Å²) in [5.74, 6) is 0.0790. The highest BCUT2D eigenvalue weighted by Crippen LogP contribution is 2.32. The molecular formula is C12H9FO2S. The Bertz CT molecular complexity index is 519. The van der Waals surface area contributed by atoms with Crippen molar-refractivity contribution in [2.24, 2.45) is 0 Å². The van der Waals surface area contributed by atoms with Gasteiger partial charge in [-0.15, -0.1) is 11.3 Å². The quantitative estimate of drug-likeness (QED) is 0.764. The summed E-state index contributed by atoms with van der Waals surface area (Å²) in [6.45, 7) is 0. The molecule has 0 unspecified atom stereocenters. The smallest absolute Gasteiger partial charge is 0.151 e. The lowest BCUT2D eigenvalue weighted by Crippen LogP contribution is -1.88. The van der Waals surface area contributed by atoms with E-state index in [9.17, 15) is 9.18 Å². The minimum atomic E-state index is -0.384. The number of hydrogen-bond acceptors (Lipinski definition) is 3. The van der Waals surface area contributed by atoms with Crippen LogP contribution in [0.1, 0.15) is 10.4 Å². The molecule has 2 aromatic rings. The molecule has 0 fully saturated rings. The highest BCUT2D eigenvalue weighted by molar-refractivity contribution is 7.14. The second-order valence-corrected chi connectivity index (χ2v) is 4.08. The van der Waals surface area contributed by atoms with Crippen molar-refractivity contribution in [3.63, 3.8) is 0 Å². The molecule has 1 heterocycles. The van der Waals surface area contributed by atoms with Crippen molar-refractivity contribution < 1.29 is 13.9 Å². The van der Waals surface area contributed by atoms with E-state index in [1.165, 1.54) is 24.5 Å². The van der Waals surface area contributed by atoms with Crippen molar-refractivity contribution in [3.05, 3.63) is 41.0 Å². The largest absolute Gasteiger partial charge is 0.497 e. The Morgan fingerprint density at radius 1 is 1.38 bits per heavy atom. The molecule has 82 valence electrons. The van der Waals surface area contributed by atoms with Gasteiger partial charge in [0.25, 0.3) is 0 Å². The number of thiophene rings is 1. The molecule has 0 radical (unpaired) electrons. The molecule has 0 aliphatic heterocycles. The molecule has 1 aromatic carbocycles. The van der Waals surface area contributed by atoms with Crippen LogP contribution >= 0.6 is 11.3 Å². The van der Waals surface area contributed by atoms with Gasteiger partial charge in [-0.3, -0.25) is 4.79 Å². The Morgan fingerprint density at radius 2 is 2.19 bits per heavy atom. The van der Waals surface area contributed by atoms with Gasteiger partial charge in [-0.1, -0.05) is 0 Å². The van der Waals surface area contributed by atoms with E-state index < -0.39 is 0 Å². The Balaban J connectivity index is 2.52. The molecule has 2 rings (SSSR count). The third-order valence-corrected chi connectivity index (χ3v) is 3.21. The first-order valence-corrected chi connectivity index (χ1v) is 5.51. The second kappa shape index (κ2) is 4.45. The summed E-state index contributed by atoms with van der Waals surface area (Å²) in [6.07, 6.45) is 0.732. The molecule has 0 amide bonds. The molecule has 2 nitrogen and oxygen atoms in total. The molecule has 0 saturated carbocycles. The third-order valence-electron chi connectivity index (χ3n) is 2.24. The lowest BCUT2D eigenvalue weighted by Gasteiger charge is -2.04. The fraction of sp³-hybridized carbons (Fsp3) is 0.0833. The summed E-state index contributed by atoms with van der Waals surface area (Å²) < 4.78 is 18.6. The van der Waals surface area contributed by atoms with Crippen LogP contribution in [0, 0.1) is 5.82 Å². The van der Waals surface area contributed by atoms with Gasteiger partial charge in [0, 0.05) is 22.1 Å². The number of ether oxygens (including phenoxy) is 1. The van der Waals surface area contributed by atoms with Crippen molar-refractivity contribution in [1.29, 1.82) is 0 Å². The SMILES string of the molecule is COc1ccc(-c2sccc2C=O)c(F)c1. The summed E-state index contributed by atoms with van der Waals surface area (Å²) in [7, 11) is 1.48. The molecular weight excluding hydrogens is 227 g/mol. The third kappa shape index (κ3) is 1.84. The number of benzene rings is 1. The van der Waals surface area contributed by atoms with Crippen LogP contribution in [0.25, 0.3) is 10.4 Å². The maximum Gasteiger partial charge on any atom is 0.151 e. The van der Waals surface area contributed by atoms with Gasteiger partial charge in [0.2, 0.25) is 0 Å². The Morgan fingerprint density at radius 3 is 2.81 bits per heavy atom. The molecule has 0 spiro atoms. The average Bonchev–Trinajstić information content (AvgIpc) is 2.76. The standard InChI is InChI=1S/C12H9FO2S/c1-15-9-2-3-10(11(13)6-9)12-8(7-14)4-5-16-12/h2-7H,1H3. The van der Waals surface area contributed by atoms with Gasteiger partial charge < -0.3 is 4.74 Å². The maximum absolute atomic E-state index is 13.7. The van der Waals surface area contributed by atoms with Gasteiger partial charge in [-0.2, -0.15) is 0 Å². The normalized spacial score (nSPS) is 10.1. The van der Waals surface area contributed by atoms with Crippen molar-refractivity contribution in [1.82, 2.24) is 0 Å². The number of aldehydes is 1. The van der Waals surface area contributed by atoms with E-state index in [1.54, 1.807) is 23.6 Å². The zero-order valence-corrected chi connectivity index (χ0v) is 9.38. The van der Waals surface area contributed by atoms with Crippen LogP contribution in [0.5, 0.6) is 5.75 Å². The van der Waals surface area contributed by atoms with Crippen LogP contribution < -0.4 is 4.74 Å². The Kier molecular flexibility index (Phi) is 3.01. The van der Waals surface area contributed by atoms with E-state index in [-0.39, 0.29) is 5.82 Å². The van der Waals surface area contributed by atoms with Gasteiger partial charge in [-0.25, -0.2) is 4.39 Å². The molecule has 0 aliphatic carbocycles. The minimum Gasteiger partial charge on any atom is -0.497 e. The number of rotatable bonds is 3. The van der Waals surface area contributed by atoms with Crippen molar-refractivity contribution in [3.8, 4) is 16.2 Å². The fourth-order valence-electron chi connectivity index (χ4n) is 1.44. The van der Waals surface area contributed by atoms with Crippen LogP contribution in [-0.4, -0.2) is 13.4 Å². The van der Waals surface area contributed by atoms with E-state index >= 15 is 0 Å². The minimum absolute atomic E-state index is 0.384. The zero-order chi connectivity index (χ0) is 11.5. The molecule has 4 heteroatoms. The number of carbonyl (C=O) groups excluding carboxylic acids is 1. The first-order valence-electron chi connectivity index (χ1n) is 4.63. The van der Waals surface area contributed by atoms with Crippen LogP contribution in [-0.2, 0) is 0 Å². The van der Waals surface area contributed by atoms with E-state index in [4.69, 9.17) is 4.74 Å². The maximum atomic E-state index is 13.7. The van der Waals surface area contributed by atoms with E-state index in [1.807, 2.05) is 0 Å². The van der Waals surface area contributed by atoms with Crippen LogP contribution in [0.15, 0.2) is 29.6 Å². The predicted octanol–water partition coefficient (Wildman–Crippen LogP) is 3.38. The summed E-state index contributed by atoms with van der Waals surface area (Å²) in [5.41, 5.74) is 0.937. The topological polar surface area (TPSA) is 26.3 Å². The summed E-state index contributed by atoms with van der Waals surface area (Å²) in [4.78, 5) is 11.4. The summed E-state index contributed by atoms with van der Waals surface area (Å²) in [6, 6.07) is 6.28. The Hall–Kier alpha value is -1.68. The van der Waals surface area contributed by atoms with Gasteiger partial charge in [0.15, 0.2) is 6.29 Å². The van der Waals surface area contributed by atoms with Crippen molar-refractivity contribution in [2.75, 3.05) is 7.11 Å². The number of halogens is 1. The first kappa shape index (κ1) is 10.8. The van der Waals surface area contributed by atoms with Gasteiger partial charge >= 0.3 is 0 Å². The molecule has 0 N–H and O–H groups in total. The van der Waals surface area contributed by atoms with Gasteiger partial charge in [-0.05, 0) is 23.6 Å². The molecule has 0 aliphatic rings. The lowest BCUT2D eigenvalue weighted by molar-refractivity contribution is 0.112. The van der Waals surface area contributed by atoms with Gasteiger partial charge in [0.05, 0.1) is 7.11 Å². The molecule has 0 atom stereocenters. The van der Waals surface area contributed by atoms with E-state index in [2.05, 4.69) is 0 Å². The predicted molar refractivity (Wildman–Crippen MR) is 61.7 cm³/mol. The number of carbonyl (C=O) groups is 1. The van der Waals surface area contributed by atoms with Crippen LogP contribution in [0.2, 0.25) is 0 Å². The van der Waals surface area contributed by atoms with E-state index in [0.29, 0.717) is 21.8 Å². The number of hydrogen-bond donors (Lipinski definition) is 0. The highest BCUT2D eigenvalue weighted by Gasteiger charge is 2.11. The molecule has 0 saturated heterocycles. The zero-order valence-electron chi connectivity index (χ0n) is 8.57. The Labute approximate surface area is 96.3 Å².